The van der Waals surface area contributed by atoms with Gasteiger partial charge in [0, 0.05) is 29.9 Å². The topological polar surface area (TPSA) is 137 Å². The number of amides is 2. The fraction of sp³-hybridized carbons (Fsp3) is 0.375. The van der Waals surface area contributed by atoms with Crippen molar-refractivity contribution in [3.63, 3.8) is 0 Å². The largest absolute Gasteiger partial charge is 0.508 e. The Morgan fingerprint density at radius 2 is 1.69 bits per heavy atom. The second-order valence-corrected chi connectivity index (χ2v) is 8.32. The fourth-order valence-corrected chi connectivity index (χ4v) is 4.11. The molecular weight excluding hydrogens is 406 g/mol. The first-order chi connectivity index (χ1) is 15.3. The Morgan fingerprint density at radius 1 is 1.06 bits per heavy atom. The van der Waals surface area contributed by atoms with Crippen LogP contribution in [0.1, 0.15) is 41.6 Å². The maximum Gasteiger partial charge on any atom is 0.258 e. The number of hydrogen-bond acceptors (Lipinski definition) is 5. The van der Waals surface area contributed by atoms with Gasteiger partial charge in [-0.3, -0.25) is 19.9 Å². The van der Waals surface area contributed by atoms with Gasteiger partial charge in [-0.25, -0.2) is 0 Å². The van der Waals surface area contributed by atoms with Gasteiger partial charge in [0.1, 0.15) is 18.1 Å². The van der Waals surface area contributed by atoms with Crippen molar-refractivity contribution < 1.29 is 14.7 Å². The molecule has 3 rings (SSSR count). The smallest absolute Gasteiger partial charge is 0.258 e. The van der Waals surface area contributed by atoms with E-state index in [2.05, 4.69) is 0 Å². The van der Waals surface area contributed by atoms with E-state index >= 15 is 0 Å². The highest BCUT2D eigenvalue weighted by Gasteiger charge is 2.29. The highest BCUT2D eigenvalue weighted by atomic mass is 16.3. The van der Waals surface area contributed by atoms with E-state index in [9.17, 15) is 14.7 Å². The van der Waals surface area contributed by atoms with E-state index in [-0.39, 0.29) is 36.0 Å². The van der Waals surface area contributed by atoms with Crippen LogP contribution in [0.15, 0.2) is 48.5 Å². The molecule has 32 heavy (non-hydrogen) atoms. The number of nitrogens with one attached hydrogen (secondary N) is 1. The predicted octanol–water partition coefficient (Wildman–Crippen LogP) is 2.30. The molecule has 0 unspecified atom stereocenters. The number of carbonyl (C=O) groups excluding carboxylic acids is 2. The van der Waals surface area contributed by atoms with Crippen LogP contribution in [0.2, 0.25) is 0 Å². The zero-order valence-electron chi connectivity index (χ0n) is 18.3. The minimum absolute atomic E-state index is 0.0693. The summed E-state index contributed by atoms with van der Waals surface area (Å²) in [6.07, 6.45) is 3.80. The van der Waals surface area contributed by atoms with Crippen LogP contribution in [0, 0.1) is 11.3 Å². The van der Waals surface area contributed by atoms with Gasteiger partial charge in [0.15, 0.2) is 0 Å². The monoisotopic (exact) mass is 437 g/mol. The molecule has 0 spiro atoms. The second-order valence-electron chi connectivity index (χ2n) is 8.32. The maximum absolute atomic E-state index is 13.4. The molecule has 1 aliphatic rings. The molecule has 1 saturated carbocycles. The standard InChI is InChI=1S/C24H31N5O3/c1-28(19-7-5-16(14-25)6-8-19)22(31)15-29(20-9-11-21(30)12-10-20)24(32)18-4-2-3-17(13-18)23(26)27/h2-4,9-13,16,19,30H,5-8,14-15,25H2,1H3,(H3,26,27). The van der Waals surface area contributed by atoms with E-state index < -0.39 is 0 Å². The molecule has 0 heterocycles. The average molecular weight is 438 g/mol. The minimum Gasteiger partial charge on any atom is -0.508 e. The first kappa shape index (κ1) is 23.3. The first-order valence-corrected chi connectivity index (χ1v) is 10.8. The highest BCUT2D eigenvalue weighted by Crippen LogP contribution is 2.27. The van der Waals surface area contributed by atoms with Crippen molar-refractivity contribution in [2.45, 2.75) is 31.7 Å². The predicted molar refractivity (Wildman–Crippen MR) is 125 cm³/mol. The van der Waals surface area contributed by atoms with Crippen LogP contribution in [-0.2, 0) is 4.79 Å². The van der Waals surface area contributed by atoms with Gasteiger partial charge in [-0.05, 0) is 74.5 Å². The van der Waals surface area contributed by atoms with Gasteiger partial charge < -0.3 is 21.5 Å². The van der Waals surface area contributed by atoms with Crippen LogP contribution in [0.3, 0.4) is 0 Å². The summed E-state index contributed by atoms with van der Waals surface area (Å²) in [5, 5.41) is 17.3. The van der Waals surface area contributed by atoms with Crippen LogP contribution in [-0.4, -0.2) is 53.8 Å². The molecule has 8 nitrogen and oxygen atoms in total. The van der Waals surface area contributed by atoms with Crippen LogP contribution in [0.25, 0.3) is 0 Å². The molecule has 8 heteroatoms. The summed E-state index contributed by atoms with van der Waals surface area (Å²) >= 11 is 0. The zero-order chi connectivity index (χ0) is 23.3. The molecule has 0 radical (unpaired) electrons. The number of hydrogen-bond donors (Lipinski definition) is 4. The lowest BCUT2D eigenvalue weighted by Gasteiger charge is -2.35. The van der Waals surface area contributed by atoms with E-state index in [0.717, 1.165) is 25.7 Å². The molecule has 0 bridgehead atoms. The number of rotatable bonds is 7. The number of nitrogen functional groups attached to an aromatic ring is 1. The third-order valence-corrected chi connectivity index (χ3v) is 6.21. The molecule has 2 aromatic rings. The Labute approximate surface area is 188 Å². The zero-order valence-corrected chi connectivity index (χ0v) is 18.3. The molecule has 1 fully saturated rings. The Morgan fingerprint density at radius 3 is 2.28 bits per heavy atom. The summed E-state index contributed by atoms with van der Waals surface area (Å²) in [6.45, 7) is 0.536. The lowest BCUT2D eigenvalue weighted by molar-refractivity contribution is -0.131. The average Bonchev–Trinajstić information content (AvgIpc) is 2.82. The van der Waals surface area contributed by atoms with Crippen LogP contribution < -0.4 is 16.4 Å². The van der Waals surface area contributed by atoms with E-state index in [4.69, 9.17) is 16.9 Å². The normalized spacial score (nSPS) is 18.1. The number of nitrogens with zero attached hydrogens (tertiary/aromatic N) is 2. The molecule has 2 amide bonds. The number of amidine groups is 1. The Kier molecular flexibility index (Phi) is 7.48. The number of aromatic hydroxyl groups is 1. The number of likely N-dealkylation sites (N-methyl/N-ethyl adjacent to an activating group) is 1. The van der Waals surface area contributed by atoms with Crippen molar-refractivity contribution in [1.29, 1.82) is 5.41 Å². The lowest BCUT2D eigenvalue weighted by Crippen LogP contribution is -2.46. The number of carbonyl (C=O) groups is 2. The minimum atomic E-state index is -0.382. The van der Waals surface area contributed by atoms with Crippen molar-refractivity contribution in [2.75, 3.05) is 25.0 Å². The SMILES string of the molecule is CN(C(=O)CN(C(=O)c1cccc(C(=N)N)c1)c1ccc(O)cc1)C1CCC(CN)CC1. The second kappa shape index (κ2) is 10.3. The van der Waals surface area contributed by atoms with Gasteiger partial charge in [-0.1, -0.05) is 12.1 Å². The van der Waals surface area contributed by atoms with Crippen molar-refractivity contribution in [3.8, 4) is 5.75 Å². The lowest BCUT2D eigenvalue weighted by atomic mass is 9.85. The molecule has 0 saturated heterocycles. The van der Waals surface area contributed by atoms with E-state index in [1.807, 2.05) is 0 Å². The van der Waals surface area contributed by atoms with Crippen molar-refractivity contribution >= 4 is 23.3 Å². The van der Waals surface area contributed by atoms with Gasteiger partial charge in [0.25, 0.3) is 5.91 Å². The quantitative estimate of drug-likeness (QED) is 0.389. The number of anilines is 1. The molecule has 1 aliphatic carbocycles. The van der Waals surface area contributed by atoms with Crippen LogP contribution in [0.4, 0.5) is 5.69 Å². The molecule has 170 valence electrons. The molecule has 0 aliphatic heterocycles. The summed E-state index contributed by atoms with van der Waals surface area (Å²) in [5.41, 5.74) is 12.6. The molecule has 2 aromatic carbocycles. The molecular formula is C24H31N5O3. The van der Waals surface area contributed by atoms with Gasteiger partial charge in [0.05, 0.1) is 0 Å². The highest BCUT2D eigenvalue weighted by molar-refractivity contribution is 6.10. The van der Waals surface area contributed by atoms with Gasteiger partial charge in [-0.15, -0.1) is 0 Å². The third kappa shape index (κ3) is 5.45. The summed E-state index contributed by atoms with van der Waals surface area (Å²) in [6, 6.07) is 12.8. The molecule has 0 aromatic heterocycles. The molecule has 0 atom stereocenters. The van der Waals surface area contributed by atoms with E-state index in [0.29, 0.717) is 29.3 Å². The van der Waals surface area contributed by atoms with E-state index in [1.165, 1.54) is 17.0 Å². The molecule has 6 N–H and O–H groups in total. The summed E-state index contributed by atoms with van der Waals surface area (Å²) in [4.78, 5) is 29.7. The first-order valence-electron chi connectivity index (χ1n) is 10.8. The Bertz CT molecular complexity index is 968. The van der Waals surface area contributed by atoms with Gasteiger partial charge in [-0.2, -0.15) is 0 Å². The maximum atomic E-state index is 13.4. The number of benzene rings is 2. The van der Waals surface area contributed by atoms with Crippen molar-refractivity contribution in [3.05, 3.63) is 59.7 Å². The number of nitrogens with two attached hydrogens (primary N) is 2. The van der Waals surface area contributed by atoms with Gasteiger partial charge >= 0.3 is 0 Å². The number of phenols is 1. The third-order valence-electron chi connectivity index (χ3n) is 6.21. The Balaban J connectivity index is 1.82. The van der Waals surface area contributed by atoms with Crippen molar-refractivity contribution in [2.24, 2.45) is 17.4 Å². The Hall–Kier alpha value is -3.39. The summed E-state index contributed by atoms with van der Waals surface area (Å²) in [5.74, 6) is -0.101. The summed E-state index contributed by atoms with van der Waals surface area (Å²) in [7, 11) is 1.78. The van der Waals surface area contributed by atoms with Gasteiger partial charge in [0.2, 0.25) is 5.91 Å². The van der Waals surface area contributed by atoms with Crippen molar-refractivity contribution in [1.82, 2.24) is 4.90 Å². The van der Waals surface area contributed by atoms with Crippen LogP contribution in [0.5, 0.6) is 5.75 Å². The summed E-state index contributed by atoms with van der Waals surface area (Å²) < 4.78 is 0. The van der Waals surface area contributed by atoms with Crippen LogP contribution >= 0.6 is 0 Å². The fourth-order valence-electron chi connectivity index (χ4n) is 4.11. The van der Waals surface area contributed by atoms with E-state index in [1.54, 1.807) is 48.3 Å². The number of phenolic OH excluding ortho intramolecular Hbond substituents is 1.